The van der Waals surface area contributed by atoms with Crippen LogP contribution in [0.4, 0.5) is 3.89 Å². The average molecular weight is 218 g/mol. The van der Waals surface area contributed by atoms with Gasteiger partial charge < -0.3 is 0 Å². The van der Waals surface area contributed by atoms with Crippen LogP contribution in [0, 0.1) is 0 Å². The molecule has 14 heavy (non-hydrogen) atoms. The summed E-state index contributed by atoms with van der Waals surface area (Å²) in [6.45, 7) is 1.59. The Morgan fingerprint density at radius 2 is 2.21 bits per heavy atom. The van der Waals surface area contributed by atoms with Crippen LogP contribution in [0.1, 0.15) is 18.5 Å². The fourth-order valence-corrected chi connectivity index (χ4v) is 1.52. The summed E-state index contributed by atoms with van der Waals surface area (Å²) in [6, 6.07) is 2.81. The van der Waals surface area contributed by atoms with Gasteiger partial charge in [-0.1, -0.05) is 9.95 Å². The lowest BCUT2D eigenvalue weighted by atomic mass is 10.1. The first-order valence-corrected chi connectivity index (χ1v) is 5.34. The van der Waals surface area contributed by atoms with Gasteiger partial charge in [-0.2, -0.15) is 12.7 Å². The Balaban J connectivity index is 2.92. The normalized spacial score (nSPS) is 14.3. The SMILES string of the molecule is C[C@@H](c1cccnc1)N(C)S(=O)(=O)F. The van der Waals surface area contributed by atoms with Crippen molar-refractivity contribution in [1.29, 1.82) is 0 Å². The Bertz CT molecular complexity index is 393. The van der Waals surface area contributed by atoms with Crippen LogP contribution >= 0.6 is 0 Å². The Labute approximate surface area is 82.7 Å². The molecule has 0 radical (unpaired) electrons. The summed E-state index contributed by atoms with van der Waals surface area (Å²) in [5.41, 5.74) is 0.649. The molecular weight excluding hydrogens is 207 g/mol. The minimum atomic E-state index is -4.64. The molecule has 0 aromatic carbocycles. The largest absolute Gasteiger partial charge is 0.375 e. The van der Waals surface area contributed by atoms with Gasteiger partial charge in [-0.25, -0.2) is 0 Å². The minimum absolute atomic E-state index is 0.557. The number of rotatable bonds is 3. The van der Waals surface area contributed by atoms with E-state index in [1.54, 1.807) is 25.3 Å². The van der Waals surface area contributed by atoms with E-state index in [2.05, 4.69) is 4.98 Å². The van der Waals surface area contributed by atoms with Crippen molar-refractivity contribution in [2.24, 2.45) is 0 Å². The molecule has 4 nitrogen and oxygen atoms in total. The Morgan fingerprint density at radius 3 is 2.64 bits per heavy atom. The molecule has 1 heterocycles. The van der Waals surface area contributed by atoms with E-state index < -0.39 is 16.5 Å². The van der Waals surface area contributed by atoms with Crippen LogP contribution in [0.15, 0.2) is 24.5 Å². The van der Waals surface area contributed by atoms with E-state index in [9.17, 15) is 12.3 Å². The highest BCUT2D eigenvalue weighted by atomic mass is 32.3. The van der Waals surface area contributed by atoms with Gasteiger partial charge in [-0.3, -0.25) is 4.98 Å². The number of hydrogen-bond donors (Lipinski definition) is 0. The molecule has 0 unspecified atom stereocenters. The quantitative estimate of drug-likeness (QED) is 0.718. The van der Waals surface area contributed by atoms with Gasteiger partial charge in [0.05, 0.1) is 6.04 Å². The van der Waals surface area contributed by atoms with Crippen molar-refractivity contribution >= 4 is 10.4 Å². The van der Waals surface area contributed by atoms with Gasteiger partial charge in [0.25, 0.3) is 0 Å². The van der Waals surface area contributed by atoms with Gasteiger partial charge >= 0.3 is 10.4 Å². The lowest BCUT2D eigenvalue weighted by molar-refractivity contribution is 0.372. The third-order valence-electron chi connectivity index (χ3n) is 2.06. The first-order valence-electron chi connectivity index (χ1n) is 4.00. The molecule has 0 fully saturated rings. The van der Waals surface area contributed by atoms with Gasteiger partial charge in [0.15, 0.2) is 0 Å². The topological polar surface area (TPSA) is 50.3 Å². The number of pyridine rings is 1. The molecule has 1 rings (SSSR count). The molecule has 1 atom stereocenters. The zero-order valence-corrected chi connectivity index (χ0v) is 8.70. The highest BCUT2D eigenvalue weighted by Crippen LogP contribution is 2.20. The molecule has 1 aromatic rings. The summed E-state index contributed by atoms with van der Waals surface area (Å²) in [5, 5.41) is 0. The second-order valence-electron chi connectivity index (χ2n) is 2.92. The van der Waals surface area contributed by atoms with Gasteiger partial charge in [-0.05, 0) is 18.6 Å². The van der Waals surface area contributed by atoms with Crippen LogP contribution in [0.25, 0.3) is 0 Å². The van der Waals surface area contributed by atoms with Crippen molar-refractivity contribution in [2.45, 2.75) is 13.0 Å². The number of nitrogens with zero attached hydrogens (tertiary/aromatic N) is 2. The molecule has 0 aliphatic rings. The van der Waals surface area contributed by atoms with Crippen molar-refractivity contribution in [3.63, 3.8) is 0 Å². The van der Waals surface area contributed by atoms with Crippen molar-refractivity contribution in [2.75, 3.05) is 7.05 Å². The predicted octanol–water partition coefficient (Wildman–Crippen LogP) is 1.29. The van der Waals surface area contributed by atoms with Crippen LogP contribution in [0.5, 0.6) is 0 Å². The highest BCUT2D eigenvalue weighted by molar-refractivity contribution is 7.83. The molecule has 0 amide bonds. The van der Waals surface area contributed by atoms with Crippen LogP contribution in [0.3, 0.4) is 0 Å². The molecule has 78 valence electrons. The first kappa shape index (κ1) is 11.1. The molecule has 0 aliphatic carbocycles. The lowest BCUT2D eigenvalue weighted by Gasteiger charge is -2.19. The summed E-state index contributed by atoms with van der Waals surface area (Å²) < 4.78 is 34.4. The highest BCUT2D eigenvalue weighted by Gasteiger charge is 2.23. The smallest absolute Gasteiger partial charge is 0.264 e. The monoisotopic (exact) mass is 218 g/mol. The van der Waals surface area contributed by atoms with Gasteiger partial charge in [0.2, 0.25) is 0 Å². The molecule has 0 aliphatic heterocycles. The maximum Gasteiger partial charge on any atom is 0.375 e. The number of halogens is 1. The maximum absolute atomic E-state index is 12.6. The van der Waals surface area contributed by atoms with Gasteiger partial charge in [-0.15, -0.1) is 0 Å². The molecule has 0 spiro atoms. The average Bonchev–Trinajstić information content (AvgIpc) is 2.15. The summed E-state index contributed by atoms with van der Waals surface area (Å²) in [7, 11) is -3.46. The summed E-state index contributed by atoms with van der Waals surface area (Å²) >= 11 is 0. The lowest BCUT2D eigenvalue weighted by Crippen LogP contribution is -2.26. The Kier molecular flexibility index (Phi) is 3.17. The zero-order chi connectivity index (χ0) is 10.8. The Hall–Kier alpha value is -1.01. The van der Waals surface area contributed by atoms with Crippen molar-refractivity contribution in [3.05, 3.63) is 30.1 Å². The predicted molar refractivity (Wildman–Crippen MR) is 50.4 cm³/mol. The van der Waals surface area contributed by atoms with Crippen molar-refractivity contribution in [1.82, 2.24) is 9.29 Å². The van der Waals surface area contributed by atoms with Crippen LogP contribution in [0.2, 0.25) is 0 Å². The van der Waals surface area contributed by atoms with E-state index in [4.69, 9.17) is 0 Å². The summed E-state index contributed by atoms with van der Waals surface area (Å²) in [4.78, 5) is 3.83. The molecule has 6 heteroatoms. The van der Waals surface area contributed by atoms with E-state index in [1.807, 2.05) is 0 Å². The molecule has 1 aromatic heterocycles. The van der Waals surface area contributed by atoms with E-state index in [0.717, 1.165) is 0 Å². The fraction of sp³-hybridized carbons (Fsp3) is 0.375. The first-order chi connectivity index (χ1) is 6.43. The van der Waals surface area contributed by atoms with Crippen LogP contribution < -0.4 is 0 Å². The molecule has 0 saturated carbocycles. The molecule has 0 N–H and O–H groups in total. The zero-order valence-electron chi connectivity index (χ0n) is 7.88. The standard InChI is InChI=1S/C8H11FN2O2S/c1-7(11(2)14(9,12)13)8-4-3-5-10-6-8/h3-7H,1-2H3/t7-/m0/s1. The minimum Gasteiger partial charge on any atom is -0.264 e. The fourth-order valence-electron chi connectivity index (χ4n) is 1.02. The summed E-state index contributed by atoms with van der Waals surface area (Å²) in [5.74, 6) is 0. The van der Waals surface area contributed by atoms with Crippen molar-refractivity contribution < 1.29 is 12.3 Å². The summed E-state index contributed by atoms with van der Waals surface area (Å²) in [6.07, 6.45) is 3.08. The van der Waals surface area contributed by atoms with E-state index in [1.165, 1.54) is 13.2 Å². The van der Waals surface area contributed by atoms with Gasteiger partial charge in [0.1, 0.15) is 0 Å². The van der Waals surface area contributed by atoms with E-state index >= 15 is 0 Å². The second-order valence-corrected chi connectivity index (χ2v) is 4.32. The van der Waals surface area contributed by atoms with Crippen molar-refractivity contribution in [3.8, 4) is 0 Å². The van der Waals surface area contributed by atoms with Gasteiger partial charge in [0, 0.05) is 19.4 Å². The van der Waals surface area contributed by atoms with E-state index in [0.29, 0.717) is 9.87 Å². The second kappa shape index (κ2) is 4.02. The Morgan fingerprint density at radius 1 is 1.57 bits per heavy atom. The van der Waals surface area contributed by atoms with E-state index in [-0.39, 0.29) is 0 Å². The number of aromatic nitrogens is 1. The number of hydrogen-bond acceptors (Lipinski definition) is 3. The molecule has 0 saturated heterocycles. The van der Waals surface area contributed by atoms with Crippen LogP contribution in [-0.2, 0) is 10.4 Å². The van der Waals surface area contributed by atoms with Crippen LogP contribution in [-0.4, -0.2) is 24.8 Å². The third-order valence-corrected chi connectivity index (χ3v) is 3.06. The molecule has 0 bridgehead atoms. The maximum atomic E-state index is 12.6. The molecular formula is C8H11FN2O2S. The third kappa shape index (κ3) is 2.49.